The minimum atomic E-state index is -0.671. The van der Waals surface area contributed by atoms with Gasteiger partial charge in [-0.05, 0) is 252 Å². The van der Waals surface area contributed by atoms with Crippen molar-refractivity contribution in [2.24, 2.45) is 0 Å². The average Bonchev–Trinajstić information content (AvgIpc) is 1.48. The first-order valence-corrected chi connectivity index (χ1v) is 52.2. The molecule has 16 heterocycles. The third-order valence-electron chi connectivity index (χ3n) is 33.3. The Morgan fingerprint density at radius 3 is 1.03 bits per heavy atom. The Bertz CT molecular complexity index is 9640. The molecule has 23 aromatic rings. The van der Waals surface area contributed by atoms with E-state index in [0.29, 0.717) is 0 Å². The van der Waals surface area contributed by atoms with Crippen LogP contribution in [0.3, 0.4) is 0 Å². The summed E-state index contributed by atoms with van der Waals surface area (Å²) in [5.41, 5.74) is 51.4. The molecule has 9 aliphatic heterocycles. The van der Waals surface area contributed by atoms with Gasteiger partial charge in [-0.15, -0.1) is 23.4 Å². The van der Waals surface area contributed by atoms with Crippen molar-refractivity contribution in [1.29, 1.82) is 0 Å². The zero-order valence-electron chi connectivity index (χ0n) is 85.6. The molecule has 149 heavy (non-hydrogen) atoms. The zero-order valence-corrected chi connectivity index (χ0v) is 85.6. The van der Waals surface area contributed by atoms with Crippen molar-refractivity contribution < 1.29 is 28.0 Å². The Morgan fingerprint density at radius 2 is 0.597 bits per heavy atom. The number of hydrogen-bond donors (Lipinski definition) is 0. The lowest BCUT2D eigenvalue weighted by molar-refractivity contribution is -1.02. The van der Waals surface area contributed by atoms with E-state index in [0.717, 1.165) is 11.5 Å². The van der Waals surface area contributed by atoms with Gasteiger partial charge in [-0.3, -0.25) is 0 Å². The molecule has 3 atom stereocenters. The van der Waals surface area contributed by atoms with Crippen LogP contribution < -0.4 is 42.7 Å². The SMILES string of the molecule is Cc1cc(C)[n+]2n1-c1cccc3c1C21c2c(cccc2-n2cc(-c4ccc(-c5ccccc5)cc4)c[n+]21)N3c1cc(C(C)(C)C)cc(C(C)(C)C)c1.Cc1cc(C)c(N2c3cccc4c3C3(c5c2cccc5-n2c(C)cc(C)[n+]23)[n+]2cc(-c3ccc(-c5ccccc5)cc3)cn2-4)c(C)c1.c1ccc(-c2ccc(-c3cn4[n+](c3)C35c6c(cccc6-4)N(c4ccccc4)c4ccc6c7ccccc7n(c6c43)-c3cccc[n+]35)cc2)cc1. The monoisotopic (exact) mass is 1930 g/mol. The van der Waals surface area contributed by atoms with Gasteiger partial charge in [0.25, 0.3) is 5.82 Å². The minimum absolute atomic E-state index is 0.000869. The Balaban J connectivity index is 0.000000103. The van der Waals surface area contributed by atoms with Crippen LogP contribution in [0, 0.1) is 48.5 Å². The molecule has 0 bridgehead atoms. The van der Waals surface area contributed by atoms with Crippen molar-refractivity contribution >= 4 is 73.0 Å². The maximum Gasteiger partial charge on any atom is 0.466 e. The summed E-state index contributed by atoms with van der Waals surface area (Å²) in [5.74, 6) is 1.15. The van der Waals surface area contributed by atoms with Crippen LogP contribution in [0.2, 0.25) is 0 Å². The number of fused-ring (bicyclic) bond motifs is 15. The number of para-hydroxylation sites is 2. The predicted molar refractivity (Wildman–Crippen MR) is 593 cm³/mol. The molecule has 0 N–H and O–H groups in total. The summed E-state index contributed by atoms with van der Waals surface area (Å²) < 4.78 is 29.7. The van der Waals surface area contributed by atoms with Crippen molar-refractivity contribution in [3.05, 3.63) is 510 Å². The van der Waals surface area contributed by atoms with Crippen LogP contribution in [0.5, 0.6) is 0 Å². The first-order valence-electron chi connectivity index (χ1n) is 52.2. The van der Waals surface area contributed by atoms with Crippen molar-refractivity contribution in [2.45, 2.75) is 118 Å². The summed E-state index contributed by atoms with van der Waals surface area (Å²) in [4.78, 5) is 7.56. The molecule has 7 aromatic heterocycles. The number of aromatic nitrogens is 12. The Morgan fingerprint density at radius 1 is 0.255 bits per heavy atom. The summed E-state index contributed by atoms with van der Waals surface area (Å²) in [6.45, 7) is 29.6. The standard InChI is InChI=1S/C47H45N5.C45H29N5.C42H35N5/c1-30-24-31(2)52-47-43-39(48-28-35(29-49(47)48)34-22-20-33(21-23-34)32-14-10-9-11-15-32)16-12-17-40(43)50(41-18-13-19-42(44(41)47)51(30)52)38-26-36(45(3,4)5)25-37(27-38)46(6,7)8;1-3-12-30(13-4-1)31-21-23-32(24-22-31)33-28-47-38-18-11-19-39-42(38)45(48(47)29-33)43-40(49(39)34-14-5-2-6-15-34)26-25-36-35-16-7-8-17-37(35)50(44(36)43)41-20-9-10-27-46(41)45;1-26-21-27(2)41(28(3)22-26)45-36-14-9-13-35-39(36)42(40-37(45)15-10-16-38(40)46-29(4)23-30(5)47(42)46)44-25-34(24-43(35)44)33-19-17-32(18-20-33)31-11-7-6-8-12-31/h9-29H,1-8H3;1-29H;6-25H,1-5H3/q3*+2. The van der Waals surface area contributed by atoms with Crippen molar-refractivity contribution in [3.8, 4) is 101 Å². The molecule has 3 unspecified atom stereocenters. The summed E-state index contributed by atoms with van der Waals surface area (Å²) in [7, 11) is 0. The summed E-state index contributed by atoms with van der Waals surface area (Å²) >= 11 is 0. The van der Waals surface area contributed by atoms with E-state index < -0.39 is 17.0 Å². The number of rotatable bonds is 9. The van der Waals surface area contributed by atoms with Gasteiger partial charge in [0.1, 0.15) is 45.1 Å². The van der Waals surface area contributed by atoms with Gasteiger partial charge in [0.2, 0.25) is 30.0 Å². The average molecular weight is 1930 g/mol. The molecule has 0 saturated carbocycles. The Hall–Kier alpha value is -18.1. The fourth-order valence-electron chi connectivity index (χ4n) is 27.3. The van der Waals surface area contributed by atoms with Crippen molar-refractivity contribution in [2.75, 3.05) is 14.7 Å². The predicted octanol–water partition coefficient (Wildman–Crippen LogP) is 27.7. The van der Waals surface area contributed by atoms with Gasteiger partial charge in [-0.1, -0.05) is 301 Å². The van der Waals surface area contributed by atoms with Gasteiger partial charge in [-0.2, -0.15) is 9.13 Å². The lowest BCUT2D eigenvalue weighted by atomic mass is 9.79. The third kappa shape index (κ3) is 11.6. The number of anilines is 9. The van der Waals surface area contributed by atoms with E-state index in [1.165, 1.54) is 246 Å². The van der Waals surface area contributed by atoms with Crippen LogP contribution >= 0.6 is 0 Å². The van der Waals surface area contributed by atoms with Gasteiger partial charge in [0.15, 0.2) is 27.8 Å². The second-order valence-corrected chi connectivity index (χ2v) is 44.0. The highest BCUT2D eigenvalue weighted by molar-refractivity contribution is 6.13. The van der Waals surface area contributed by atoms with Crippen LogP contribution in [-0.4, -0.2) is 28.0 Å². The summed E-state index contributed by atoms with van der Waals surface area (Å²) in [6, 6.07) is 141. The molecule has 32 rings (SSSR count). The van der Waals surface area contributed by atoms with Crippen LogP contribution in [-0.2, 0) is 27.8 Å². The van der Waals surface area contributed by atoms with E-state index in [9.17, 15) is 0 Å². The molecule has 0 radical (unpaired) electrons. The highest BCUT2D eigenvalue weighted by atomic mass is 15.6. The fraction of sp³-hybridized carbons (Fsp3) is 0.134. The van der Waals surface area contributed by atoms with E-state index in [1.54, 1.807) is 0 Å². The molecule has 15 nitrogen and oxygen atoms in total. The zero-order chi connectivity index (χ0) is 100. The van der Waals surface area contributed by atoms with Gasteiger partial charge in [0, 0.05) is 54.2 Å². The largest absolute Gasteiger partial charge is 0.466 e. The first-order chi connectivity index (χ1) is 72.6. The smallest absolute Gasteiger partial charge is 0.309 e. The Kier molecular flexibility index (Phi) is 17.8. The van der Waals surface area contributed by atoms with E-state index in [1.807, 2.05) is 0 Å². The van der Waals surface area contributed by atoms with Crippen LogP contribution in [0.4, 0.5) is 51.2 Å². The first kappa shape index (κ1) is 86.4. The van der Waals surface area contributed by atoms with E-state index in [2.05, 4.69) is 586 Å². The molecule has 3 spiro atoms. The molecule has 714 valence electrons. The number of benzene rings is 16. The van der Waals surface area contributed by atoms with E-state index in [-0.39, 0.29) is 10.8 Å². The normalized spacial score (nSPS) is 16.3. The molecule has 16 aromatic carbocycles. The molecular weight excluding hydrogens is 1820 g/mol. The van der Waals surface area contributed by atoms with Gasteiger partial charge in [0.05, 0.1) is 92.7 Å². The second-order valence-electron chi connectivity index (χ2n) is 44.0. The highest BCUT2D eigenvalue weighted by Gasteiger charge is 2.77. The van der Waals surface area contributed by atoms with Crippen LogP contribution in [0.15, 0.2) is 426 Å². The van der Waals surface area contributed by atoms with E-state index in [4.69, 9.17) is 0 Å². The van der Waals surface area contributed by atoms with Crippen LogP contribution in [0.25, 0.3) is 123 Å². The van der Waals surface area contributed by atoms with Crippen LogP contribution in [0.1, 0.15) is 126 Å². The van der Waals surface area contributed by atoms with Gasteiger partial charge in [-0.25, -0.2) is 0 Å². The maximum absolute atomic E-state index is 2.55. The molecule has 15 heteroatoms. The second kappa shape index (κ2) is 30.8. The molecule has 0 saturated heterocycles. The quantitative estimate of drug-likeness (QED) is 0.135. The maximum atomic E-state index is 2.55. The van der Waals surface area contributed by atoms with Crippen molar-refractivity contribution in [3.63, 3.8) is 0 Å². The number of aryl methyl sites for hydroxylation is 7. The van der Waals surface area contributed by atoms with Gasteiger partial charge >= 0.3 is 17.0 Å². The minimum Gasteiger partial charge on any atom is -0.309 e. The van der Waals surface area contributed by atoms with Crippen molar-refractivity contribution in [1.82, 2.24) is 28.0 Å². The lowest BCUT2D eigenvalue weighted by Crippen LogP contribution is -2.77. The molecule has 0 aliphatic carbocycles. The Labute approximate surface area is 866 Å². The number of nitrogens with zero attached hydrogens (tertiary/aromatic N) is 15. The lowest BCUT2D eigenvalue weighted by Gasteiger charge is -2.39. The topological polar surface area (TPSA) is 62.6 Å². The number of pyridine rings is 1. The fourth-order valence-corrected chi connectivity index (χ4v) is 27.3. The molecule has 9 aliphatic rings. The third-order valence-corrected chi connectivity index (χ3v) is 33.3. The molecular formula is C134H109N15+6. The summed E-state index contributed by atoms with van der Waals surface area (Å²) in [6.07, 6.45) is 16.4. The van der Waals surface area contributed by atoms with E-state index >= 15 is 0 Å². The van der Waals surface area contributed by atoms with Gasteiger partial charge < -0.3 is 14.7 Å². The summed E-state index contributed by atoms with van der Waals surface area (Å²) in [5, 5.41) is 2.53. The highest BCUT2D eigenvalue weighted by Crippen LogP contribution is 2.63. The molecule has 0 amide bonds. The number of hydrogen-bond acceptors (Lipinski definition) is 3. The molecule has 0 fully saturated rings.